The summed E-state index contributed by atoms with van der Waals surface area (Å²) in [6.45, 7) is 0. The Labute approximate surface area is 111 Å². The molecule has 3 nitrogen and oxygen atoms in total. The molecule has 0 unspecified atom stereocenters. The van der Waals surface area contributed by atoms with E-state index in [1.165, 1.54) is 5.56 Å². The Morgan fingerprint density at radius 3 is 2.53 bits per heavy atom. The van der Waals surface area contributed by atoms with Gasteiger partial charge >= 0.3 is 5.97 Å². The molecule has 2 aromatic rings. The highest BCUT2D eigenvalue weighted by molar-refractivity contribution is 6.04. The van der Waals surface area contributed by atoms with Crippen LogP contribution in [0.15, 0.2) is 59.8 Å². The van der Waals surface area contributed by atoms with Gasteiger partial charge in [-0.1, -0.05) is 47.6 Å². The van der Waals surface area contributed by atoms with E-state index >= 15 is 0 Å². The fraction of sp³-hybridized carbons (Fsp3) is 0.125. The first kappa shape index (κ1) is 11.7. The molecule has 0 heterocycles. The van der Waals surface area contributed by atoms with E-state index in [1.807, 2.05) is 24.3 Å². The van der Waals surface area contributed by atoms with Crippen LogP contribution in [0.1, 0.15) is 27.9 Å². The van der Waals surface area contributed by atoms with Gasteiger partial charge in [0.15, 0.2) is 0 Å². The van der Waals surface area contributed by atoms with E-state index in [1.54, 1.807) is 24.3 Å². The summed E-state index contributed by atoms with van der Waals surface area (Å²) >= 11 is 0. The van der Waals surface area contributed by atoms with Crippen molar-refractivity contribution in [2.45, 2.75) is 12.8 Å². The number of nitrogens with zero attached hydrogens (tertiary/aromatic N) is 1. The second-order valence-corrected chi connectivity index (χ2v) is 4.44. The topological polar surface area (TPSA) is 38.7 Å². The predicted molar refractivity (Wildman–Crippen MR) is 73.2 cm³/mol. The summed E-state index contributed by atoms with van der Waals surface area (Å²) in [5.41, 5.74) is 3.71. The highest BCUT2D eigenvalue weighted by Crippen LogP contribution is 2.22. The van der Waals surface area contributed by atoms with E-state index in [2.05, 4.69) is 11.2 Å². The first-order chi connectivity index (χ1) is 9.34. The summed E-state index contributed by atoms with van der Waals surface area (Å²) < 4.78 is 0. The second-order valence-electron chi connectivity index (χ2n) is 4.44. The summed E-state index contributed by atoms with van der Waals surface area (Å²) in [4.78, 5) is 16.8. The Kier molecular flexibility index (Phi) is 3.11. The van der Waals surface area contributed by atoms with Crippen LogP contribution in [0.25, 0.3) is 0 Å². The number of benzene rings is 2. The number of hydrogen-bond donors (Lipinski definition) is 0. The maximum atomic E-state index is 11.8. The van der Waals surface area contributed by atoms with Crippen molar-refractivity contribution in [3.05, 3.63) is 71.3 Å². The van der Waals surface area contributed by atoms with Gasteiger partial charge in [-0.15, -0.1) is 0 Å². The molecule has 1 aliphatic rings. The van der Waals surface area contributed by atoms with E-state index in [-0.39, 0.29) is 0 Å². The molecule has 19 heavy (non-hydrogen) atoms. The summed E-state index contributed by atoms with van der Waals surface area (Å²) in [6, 6.07) is 17.0. The van der Waals surface area contributed by atoms with Gasteiger partial charge in [-0.25, -0.2) is 4.79 Å². The lowest BCUT2D eigenvalue weighted by atomic mass is 10.1. The van der Waals surface area contributed by atoms with Crippen LogP contribution in [0, 0.1) is 0 Å². The fourth-order valence-electron chi connectivity index (χ4n) is 2.23. The zero-order chi connectivity index (χ0) is 13.1. The Hall–Kier alpha value is -2.42. The highest BCUT2D eigenvalue weighted by Gasteiger charge is 2.18. The van der Waals surface area contributed by atoms with Crippen LogP contribution in [0.5, 0.6) is 0 Å². The molecule has 0 N–H and O–H groups in total. The molecule has 0 amide bonds. The lowest BCUT2D eigenvalue weighted by Crippen LogP contribution is -2.03. The average molecular weight is 251 g/mol. The maximum Gasteiger partial charge on any atom is 0.365 e. The van der Waals surface area contributed by atoms with Crippen molar-refractivity contribution >= 4 is 11.7 Å². The van der Waals surface area contributed by atoms with Crippen molar-refractivity contribution in [3.8, 4) is 0 Å². The molecule has 0 aromatic heterocycles. The van der Waals surface area contributed by atoms with Gasteiger partial charge in [-0.3, -0.25) is 0 Å². The van der Waals surface area contributed by atoms with Crippen molar-refractivity contribution in [1.29, 1.82) is 0 Å². The monoisotopic (exact) mass is 251 g/mol. The summed E-state index contributed by atoms with van der Waals surface area (Å²) in [5.74, 6) is -0.419. The number of aryl methyl sites for hydroxylation is 1. The number of oxime groups is 1. The van der Waals surface area contributed by atoms with Crippen molar-refractivity contribution in [2.24, 2.45) is 5.16 Å². The summed E-state index contributed by atoms with van der Waals surface area (Å²) in [5, 5.41) is 4.01. The Morgan fingerprint density at radius 1 is 0.947 bits per heavy atom. The predicted octanol–water partition coefficient (Wildman–Crippen LogP) is 3.19. The minimum absolute atomic E-state index is 0.419. The van der Waals surface area contributed by atoms with E-state index in [0.717, 1.165) is 24.1 Å². The van der Waals surface area contributed by atoms with Crippen molar-refractivity contribution in [2.75, 3.05) is 0 Å². The van der Waals surface area contributed by atoms with Crippen LogP contribution in [-0.4, -0.2) is 11.7 Å². The first-order valence-electron chi connectivity index (χ1n) is 6.26. The van der Waals surface area contributed by atoms with Gasteiger partial charge in [-0.05, 0) is 30.5 Å². The Balaban J connectivity index is 1.77. The molecule has 0 bridgehead atoms. The van der Waals surface area contributed by atoms with E-state index < -0.39 is 5.97 Å². The van der Waals surface area contributed by atoms with Crippen LogP contribution in [0.4, 0.5) is 0 Å². The number of carbonyl (C=O) groups is 1. The van der Waals surface area contributed by atoms with Crippen LogP contribution in [-0.2, 0) is 11.3 Å². The zero-order valence-electron chi connectivity index (χ0n) is 10.4. The lowest BCUT2D eigenvalue weighted by molar-refractivity contribution is 0.0516. The molecule has 94 valence electrons. The summed E-state index contributed by atoms with van der Waals surface area (Å²) in [6.07, 6.45) is 1.78. The van der Waals surface area contributed by atoms with Gasteiger partial charge in [0.05, 0.1) is 11.3 Å². The minimum Gasteiger partial charge on any atom is -0.313 e. The fourth-order valence-corrected chi connectivity index (χ4v) is 2.23. The van der Waals surface area contributed by atoms with Crippen LogP contribution in [0.3, 0.4) is 0 Å². The number of fused-ring (bicyclic) bond motifs is 1. The van der Waals surface area contributed by atoms with E-state index in [9.17, 15) is 4.79 Å². The van der Waals surface area contributed by atoms with Crippen molar-refractivity contribution < 1.29 is 9.63 Å². The molecule has 0 fully saturated rings. The standard InChI is InChI=1S/C16H13NO2/c18-16(13-7-2-1-3-8-13)19-17-15-11-10-12-6-4-5-9-14(12)15/h1-9H,10-11H2/b17-15-. The Bertz CT molecular complexity index is 632. The number of rotatable bonds is 2. The molecule has 3 heteroatoms. The largest absolute Gasteiger partial charge is 0.365 e. The van der Waals surface area contributed by atoms with Gasteiger partial charge < -0.3 is 4.84 Å². The highest BCUT2D eigenvalue weighted by atomic mass is 16.7. The zero-order valence-corrected chi connectivity index (χ0v) is 10.4. The van der Waals surface area contributed by atoms with Crippen LogP contribution in [0.2, 0.25) is 0 Å². The first-order valence-corrected chi connectivity index (χ1v) is 6.26. The molecule has 0 radical (unpaired) electrons. The quantitative estimate of drug-likeness (QED) is 0.607. The average Bonchev–Trinajstić information content (AvgIpc) is 2.89. The smallest absolute Gasteiger partial charge is 0.313 e. The molecule has 1 aliphatic carbocycles. The molecule has 0 saturated carbocycles. The van der Waals surface area contributed by atoms with Crippen molar-refractivity contribution in [1.82, 2.24) is 0 Å². The number of hydrogen-bond acceptors (Lipinski definition) is 3. The minimum atomic E-state index is -0.419. The molecule has 0 atom stereocenters. The van der Waals surface area contributed by atoms with Gasteiger partial charge in [-0.2, -0.15) is 0 Å². The van der Waals surface area contributed by atoms with Crippen LogP contribution < -0.4 is 0 Å². The molecular formula is C16H13NO2. The second kappa shape index (κ2) is 5.06. The normalized spacial score (nSPS) is 15.3. The SMILES string of the molecule is O=C(O/N=C1/CCc2ccccc21)c1ccccc1. The maximum absolute atomic E-state index is 11.8. The third-order valence-electron chi connectivity index (χ3n) is 3.21. The van der Waals surface area contributed by atoms with Crippen LogP contribution >= 0.6 is 0 Å². The van der Waals surface area contributed by atoms with Gasteiger partial charge in [0.25, 0.3) is 0 Å². The lowest BCUT2D eigenvalue weighted by Gasteiger charge is -2.00. The third kappa shape index (κ3) is 2.40. The molecule has 0 saturated heterocycles. The van der Waals surface area contributed by atoms with Gasteiger partial charge in [0.2, 0.25) is 0 Å². The third-order valence-corrected chi connectivity index (χ3v) is 3.21. The van der Waals surface area contributed by atoms with Gasteiger partial charge in [0.1, 0.15) is 0 Å². The Morgan fingerprint density at radius 2 is 1.68 bits per heavy atom. The number of carbonyl (C=O) groups excluding carboxylic acids is 1. The van der Waals surface area contributed by atoms with E-state index in [4.69, 9.17) is 4.84 Å². The van der Waals surface area contributed by atoms with E-state index in [0.29, 0.717) is 5.56 Å². The molecule has 0 spiro atoms. The van der Waals surface area contributed by atoms with Crippen molar-refractivity contribution in [3.63, 3.8) is 0 Å². The molecular weight excluding hydrogens is 238 g/mol. The molecule has 3 rings (SSSR count). The summed E-state index contributed by atoms with van der Waals surface area (Å²) in [7, 11) is 0. The molecule has 2 aromatic carbocycles. The van der Waals surface area contributed by atoms with Gasteiger partial charge in [0, 0.05) is 5.56 Å². The molecule has 0 aliphatic heterocycles.